The zero-order valence-corrected chi connectivity index (χ0v) is 9.30. The summed E-state index contributed by atoms with van der Waals surface area (Å²) < 4.78 is 0. The fourth-order valence-corrected chi connectivity index (χ4v) is 3.62. The summed E-state index contributed by atoms with van der Waals surface area (Å²) in [6.07, 6.45) is 2.32. The molecule has 15 heavy (non-hydrogen) atoms. The van der Waals surface area contributed by atoms with Gasteiger partial charge >= 0.3 is 0 Å². The molecular weight excluding hydrogens is 212 g/mol. The Kier molecular flexibility index (Phi) is 3.04. The summed E-state index contributed by atoms with van der Waals surface area (Å²) >= 11 is 1.91. The normalized spacial score (nSPS) is 33.3. The molecule has 1 fully saturated rings. The predicted molar refractivity (Wildman–Crippen MR) is 61.6 cm³/mol. The minimum atomic E-state index is -0.220. The third-order valence-corrected chi connectivity index (χ3v) is 4.31. The Bertz CT molecular complexity index is 294. The first-order chi connectivity index (χ1) is 7.16. The van der Waals surface area contributed by atoms with Gasteiger partial charge < -0.3 is 16.8 Å². The Morgan fingerprint density at radius 2 is 2.47 bits per heavy atom. The van der Waals surface area contributed by atoms with Crippen molar-refractivity contribution in [3.8, 4) is 0 Å². The van der Waals surface area contributed by atoms with Crippen molar-refractivity contribution in [3.63, 3.8) is 0 Å². The summed E-state index contributed by atoms with van der Waals surface area (Å²) in [7, 11) is 0. The monoisotopic (exact) mass is 228 g/mol. The molecule has 2 aliphatic heterocycles. The number of carbonyl (C=O) groups is 1. The van der Waals surface area contributed by atoms with Crippen molar-refractivity contribution in [2.45, 2.75) is 36.6 Å². The zero-order chi connectivity index (χ0) is 10.8. The molecule has 0 radical (unpaired) electrons. The second kappa shape index (κ2) is 4.30. The number of carbonyl (C=O) groups excluding carboxylic acids is 1. The smallest absolute Gasteiger partial charge is 0.217 e. The predicted octanol–water partition coefficient (Wildman–Crippen LogP) is -0.587. The number of nitrogens with one attached hydrogen (secondary N) is 1. The Hall–Kier alpha value is -0.910. The average Bonchev–Trinajstić information content (AvgIpc) is 2.65. The van der Waals surface area contributed by atoms with Gasteiger partial charge in [-0.1, -0.05) is 0 Å². The lowest BCUT2D eigenvalue weighted by Crippen LogP contribution is -2.38. The van der Waals surface area contributed by atoms with Gasteiger partial charge in [-0.25, -0.2) is 4.99 Å². The van der Waals surface area contributed by atoms with Gasteiger partial charge in [0.2, 0.25) is 5.91 Å². The Balaban J connectivity index is 1.81. The number of rotatable bonds is 4. The third kappa shape index (κ3) is 2.37. The molecule has 2 aliphatic rings. The summed E-state index contributed by atoms with van der Waals surface area (Å²) in [5.41, 5.74) is 10.7. The maximum Gasteiger partial charge on any atom is 0.217 e. The molecule has 0 bridgehead atoms. The largest absolute Gasteiger partial charge is 0.370 e. The Morgan fingerprint density at radius 1 is 1.67 bits per heavy atom. The first kappa shape index (κ1) is 10.6. The second-order valence-electron chi connectivity index (χ2n) is 3.99. The fraction of sp³-hybridized carbons (Fsp3) is 0.778. The highest BCUT2D eigenvalue weighted by molar-refractivity contribution is 8.00. The minimum absolute atomic E-state index is 0.220. The van der Waals surface area contributed by atoms with Crippen LogP contribution in [0.4, 0.5) is 0 Å². The molecule has 5 nitrogen and oxygen atoms in total. The van der Waals surface area contributed by atoms with Crippen molar-refractivity contribution in [1.82, 2.24) is 5.32 Å². The molecule has 84 valence electrons. The highest BCUT2D eigenvalue weighted by Crippen LogP contribution is 2.34. The number of amides is 1. The van der Waals surface area contributed by atoms with Crippen LogP contribution in [0, 0.1) is 0 Å². The molecule has 3 atom stereocenters. The number of aliphatic imine (C=N–C) groups is 1. The van der Waals surface area contributed by atoms with Crippen molar-refractivity contribution in [3.05, 3.63) is 0 Å². The van der Waals surface area contributed by atoms with E-state index in [0.29, 0.717) is 29.7 Å². The van der Waals surface area contributed by atoms with Gasteiger partial charge in [-0.3, -0.25) is 4.79 Å². The van der Waals surface area contributed by atoms with E-state index in [-0.39, 0.29) is 5.91 Å². The van der Waals surface area contributed by atoms with Gasteiger partial charge in [-0.15, -0.1) is 0 Å². The van der Waals surface area contributed by atoms with Crippen LogP contribution >= 0.6 is 11.8 Å². The zero-order valence-electron chi connectivity index (χ0n) is 8.48. The van der Waals surface area contributed by atoms with Crippen molar-refractivity contribution < 1.29 is 4.79 Å². The number of hydrogen-bond donors (Lipinski definition) is 3. The third-order valence-electron chi connectivity index (χ3n) is 2.82. The number of nitrogens with zero attached hydrogens (tertiary/aromatic N) is 1. The van der Waals surface area contributed by atoms with Crippen molar-refractivity contribution >= 4 is 23.6 Å². The lowest BCUT2D eigenvalue weighted by Gasteiger charge is -2.13. The molecule has 3 unspecified atom stereocenters. The maximum atomic E-state index is 10.6. The number of nitrogens with two attached hydrogens (primary N) is 2. The molecule has 0 aromatic rings. The Labute approximate surface area is 93.1 Å². The van der Waals surface area contributed by atoms with E-state index in [0.717, 1.165) is 18.6 Å². The number of primary amides is 1. The van der Waals surface area contributed by atoms with Gasteiger partial charge in [0.05, 0.1) is 12.1 Å². The number of guanidine groups is 1. The van der Waals surface area contributed by atoms with E-state index in [9.17, 15) is 4.79 Å². The molecule has 0 aliphatic carbocycles. The van der Waals surface area contributed by atoms with E-state index in [1.807, 2.05) is 11.8 Å². The summed E-state index contributed by atoms with van der Waals surface area (Å²) in [5.74, 6) is 1.39. The summed E-state index contributed by atoms with van der Waals surface area (Å²) in [6, 6.07) is 0.691. The average molecular weight is 228 g/mol. The van der Waals surface area contributed by atoms with E-state index in [1.165, 1.54) is 0 Å². The van der Waals surface area contributed by atoms with Gasteiger partial charge in [-0.2, -0.15) is 11.8 Å². The molecule has 0 aromatic heterocycles. The van der Waals surface area contributed by atoms with E-state index in [1.54, 1.807) is 0 Å². The highest BCUT2D eigenvalue weighted by Gasteiger charge is 2.40. The van der Waals surface area contributed by atoms with Crippen molar-refractivity contribution in [2.24, 2.45) is 16.5 Å². The molecule has 0 saturated carbocycles. The Morgan fingerprint density at radius 3 is 3.20 bits per heavy atom. The van der Waals surface area contributed by atoms with Crippen molar-refractivity contribution in [2.75, 3.05) is 5.75 Å². The molecule has 2 heterocycles. The standard InChI is InChI=1S/C9H16N4OS/c10-7(14)3-1-2-6-8-5(4-15-6)12-9(11)13-8/h5-6,8H,1-4H2,(H2,10,14)(H3,11,12,13). The molecule has 0 spiro atoms. The van der Waals surface area contributed by atoms with Gasteiger partial charge in [0.1, 0.15) is 0 Å². The van der Waals surface area contributed by atoms with E-state index < -0.39 is 0 Å². The topological polar surface area (TPSA) is 93.5 Å². The lowest BCUT2D eigenvalue weighted by atomic mass is 10.0. The minimum Gasteiger partial charge on any atom is -0.370 e. The lowest BCUT2D eigenvalue weighted by molar-refractivity contribution is -0.118. The van der Waals surface area contributed by atoms with Crippen LogP contribution in [-0.4, -0.2) is 35.0 Å². The number of hydrogen-bond acceptors (Lipinski definition) is 5. The quantitative estimate of drug-likeness (QED) is 0.599. The van der Waals surface area contributed by atoms with Gasteiger partial charge in [0.25, 0.3) is 0 Å². The van der Waals surface area contributed by atoms with Gasteiger partial charge in [0, 0.05) is 17.4 Å². The summed E-state index contributed by atoms with van der Waals surface area (Å²) in [5, 5.41) is 3.65. The van der Waals surface area contributed by atoms with Gasteiger partial charge in [0.15, 0.2) is 5.96 Å². The molecule has 1 amide bonds. The van der Waals surface area contributed by atoms with Crippen LogP contribution in [0.5, 0.6) is 0 Å². The molecular formula is C9H16N4OS. The van der Waals surface area contributed by atoms with Crippen LogP contribution in [0.15, 0.2) is 4.99 Å². The van der Waals surface area contributed by atoms with E-state index in [2.05, 4.69) is 10.3 Å². The van der Waals surface area contributed by atoms with Crippen LogP contribution in [-0.2, 0) is 4.79 Å². The summed E-state index contributed by atoms with van der Waals surface area (Å²) in [6.45, 7) is 0. The second-order valence-corrected chi connectivity index (χ2v) is 5.26. The van der Waals surface area contributed by atoms with Crippen LogP contribution in [0.3, 0.4) is 0 Å². The van der Waals surface area contributed by atoms with Crippen LogP contribution in [0.1, 0.15) is 19.3 Å². The number of thioether (sulfide) groups is 1. The van der Waals surface area contributed by atoms with E-state index in [4.69, 9.17) is 11.5 Å². The van der Waals surface area contributed by atoms with Crippen LogP contribution < -0.4 is 16.8 Å². The first-order valence-electron chi connectivity index (χ1n) is 5.16. The van der Waals surface area contributed by atoms with Crippen LogP contribution in [0.2, 0.25) is 0 Å². The first-order valence-corrected chi connectivity index (χ1v) is 6.21. The van der Waals surface area contributed by atoms with Crippen LogP contribution in [0.25, 0.3) is 0 Å². The highest BCUT2D eigenvalue weighted by atomic mass is 32.2. The fourth-order valence-electron chi connectivity index (χ4n) is 2.10. The number of fused-ring (bicyclic) bond motifs is 1. The van der Waals surface area contributed by atoms with Gasteiger partial charge in [-0.05, 0) is 12.8 Å². The molecule has 6 heteroatoms. The molecule has 5 N–H and O–H groups in total. The maximum absolute atomic E-state index is 10.6. The molecule has 1 saturated heterocycles. The van der Waals surface area contributed by atoms with E-state index >= 15 is 0 Å². The molecule has 0 aromatic carbocycles. The van der Waals surface area contributed by atoms with Crippen molar-refractivity contribution in [1.29, 1.82) is 0 Å². The SMILES string of the molecule is NC(=O)CCCC1SCC2NC(N)=NC21. The summed E-state index contributed by atoms with van der Waals surface area (Å²) in [4.78, 5) is 15.0. The molecule has 2 rings (SSSR count).